The number of fused-ring (bicyclic) bond motifs is 1. The van der Waals surface area contributed by atoms with Gasteiger partial charge in [-0.2, -0.15) is 0 Å². The number of amides is 2. The van der Waals surface area contributed by atoms with Gasteiger partial charge in [-0.25, -0.2) is 4.98 Å². The Morgan fingerprint density at radius 1 is 1.26 bits per heavy atom. The number of carbonyl (C=O) groups is 2. The summed E-state index contributed by atoms with van der Waals surface area (Å²) < 4.78 is 2.04. The zero-order chi connectivity index (χ0) is 19.0. The van der Waals surface area contributed by atoms with Crippen LogP contribution in [0.3, 0.4) is 0 Å². The molecule has 5 nitrogen and oxygen atoms in total. The van der Waals surface area contributed by atoms with Crippen LogP contribution in [-0.4, -0.2) is 46.7 Å². The topological polar surface area (TPSA) is 53.5 Å². The number of halogens is 1. The Balaban J connectivity index is 1.48. The van der Waals surface area contributed by atoms with E-state index in [1.54, 1.807) is 24.5 Å². The number of thiophene rings is 1. The zero-order valence-electron chi connectivity index (χ0n) is 14.7. The Hall–Kier alpha value is -1.77. The van der Waals surface area contributed by atoms with Crippen molar-refractivity contribution in [2.24, 2.45) is 0 Å². The molecule has 4 rings (SSSR count). The molecule has 0 spiro atoms. The second kappa shape index (κ2) is 7.69. The number of benzene rings is 1. The van der Waals surface area contributed by atoms with Gasteiger partial charge in [0.1, 0.15) is 5.01 Å². The van der Waals surface area contributed by atoms with Crippen LogP contribution in [0.25, 0.3) is 10.2 Å². The first-order valence-electron chi connectivity index (χ1n) is 8.68. The molecular formula is C19H18BrN3O2S2. The van der Waals surface area contributed by atoms with Gasteiger partial charge in [0.05, 0.1) is 31.5 Å². The van der Waals surface area contributed by atoms with Crippen LogP contribution in [0.2, 0.25) is 0 Å². The molecule has 0 N–H and O–H groups in total. The molecule has 0 bridgehead atoms. The SMILES string of the molecule is CN(CC(=O)N1CCCC1c1nc2ccccc2s1)C(=O)c1ccc(Br)s1. The van der Waals surface area contributed by atoms with Gasteiger partial charge in [-0.1, -0.05) is 12.1 Å². The van der Waals surface area contributed by atoms with E-state index in [0.29, 0.717) is 11.4 Å². The summed E-state index contributed by atoms with van der Waals surface area (Å²) in [5, 5.41) is 0.984. The summed E-state index contributed by atoms with van der Waals surface area (Å²) in [6.45, 7) is 0.793. The summed E-state index contributed by atoms with van der Waals surface area (Å²) in [4.78, 5) is 34.1. The number of carbonyl (C=O) groups excluding carboxylic acids is 2. The lowest BCUT2D eigenvalue weighted by molar-refractivity contribution is -0.132. The molecule has 0 saturated carbocycles. The van der Waals surface area contributed by atoms with Gasteiger partial charge in [0.25, 0.3) is 5.91 Å². The van der Waals surface area contributed by atoms with E-state index in [-0.39, 0.29) is 24.4 Å². The van der Waals surface area contributed by atoms with Gasteiger partial charge in [0.2, 0.25) is 5.91 Å². The minimum Gasteiger partial charge on any atom is -0.332 e. The lowest BCUT2D eigenvalue weighted by Gasteiger charge is -2.25. The normalized spacial score (nSPS) is 16.8. The maximum Gasteiger partial charge on any atom is 0.264 e. The van der Waals surface area contributed by atoms with Crippen LogP contribution in [-0.2, 0) is 4.79 Å². The summed E-state index contributed by atoms with van der Waals surface area (Å²) >= 11 is 6.40. The smallest absolute Gasteiger partial charge is 0.264 e. The fraction of sp³-hybridized carbons (Fsp3) is 0.316. The molecule has 1 aromatic carbocycles. The molecule has 0 aliphatic carbocycles. The molecule has 1 fully saturated rings. The van der Waals surface area contributed by atoms with Crippen LogP contribution in [0.1, 0.15) is 33.6 Å². The van der Waals surface area contributed by atoms with Crippen molar-refractivity contribution >= 4 is 60.6 Å². The molecule has 140 valence electrons. The van der Waals surface area contributed by atoms with Crippen molar-refractivity contribution in [3.05, 3.63) is 50.1 Å². The van der Waals surface area contributed by atoms with E-state index in [0.717, 1.165) is 31.9 Å². The minimum absolute atomic E-state index is 0.00860. The number of para-hydroxylation sites is 1. The zero-order valence-corrected chi connectivity index (χ0v) is 17.9. The Morgan fingerprint density at radius 3 is 2.81 bits per heavy atom. The fourth-order valence-corrected chi connectivity index (χ4v) is 5.83. The monoisotopic (exact) mass is 463 g/mol. The number of hydrogen-bond acceptors (Lipinski definition) is 5. The molecule has 3 aromatic rings. The fourth-order valence-electron chi connectivity index (χ4n) is 3.34. The highest BCUT2D eigenvalue weighted by molar-refractivity contribution is 9.11. The van der Waals surface area contributed by atoms with Crippen molar-refractivity contribution in [2.75, 3.05) is 20.1 Å². The first-order chi connectivity index (χ1) is 13.0. The molecule has 8 heteroatoms. The van der Waals surface area contributed by atoms with Gasteiger partial charge in [-0.15, -0.1) is 22.7 Å². The highest BCUT2D eigenvalue weighted by atomic mass is 79.9. The van der Waals surface area contributed by atoms with Crippen LogP contribution < -0.4 is 0 Å². The number of nitrogens with zero attached hydrogens (tertiary/aromatic N) is 3. The summed E-state index contributed by atoms with van der Waals surface area (Å²) in [7, 11) is 1.68. The van der Waals surface area contributed by atoms with E-state index in [9.17, 15) is 9.59 Å². The van der Waals surface area contributed by atoms with E-state index in [2.05, 4.69) is 22.0 Å². The van der Waals surface area contributed by atoms with Crippen LogP contribution >= 0.6 is 38.6 Å². The number of thiazole rings is 1. The lowest BCUT2D eigenvalue weighted by atomic mass is 10.2. The number of aromatic nitrogens is 1. The third-order valence-corrected chi connectivity index (χ3v) is 7.42. The average Bonchev–Trinajstić information content (AvgIpc) is 3.38. The summed E-state index contributed by atoms with van der Waals surface area (Å²) in [5.41, 5.74) is 0.979. The van der Waals surface area contributed by atoms with E-state index in [1.807, 2.05) is 29.2 Å². The van der Waals surface area contributed by atoms with Crippen LogP contribution in [0.4, 0.5) is 0 Å². The van der Waals surface area contributed by atoms with Crippen LogP contribution in [0.5, 0.6) is 0 Å². The van der Waals surface area contributed by atoms with Gasteiger partial charge in [-0.05, 0) is 53.0 Å². The number of likely N-dealkylation sites (tertiary alicyclic amines) is 1. The van der Waals surface area contributed by atoms with Crippen molar-refractivity contribution in [2.45, 2.75) is 18.9 Å². The average molecular weight is 464 g/mol. The molecule has 1 aliphatic heterocycles. The highest BCUT2D eigenvalue weighted by Gasteiger charge is 2.33. The molecule has 1 atom stereocenters. The van der Waals surface area contributed by atoms with Crippen molar-refractivity contribution in [3.8, 4) is 0 Å². The molecule has 1 saturated heterocycles. The largest absolute Gasteiger partial charge is 0.332 e. The Bertz CT molecular complexity index is 967. The summed E-state index contributed by atoms with van der Waals surface area (Å²) in [6, 6.07) is 11.7. The molecule has 3 heterocycles. The van der Waals surface area contributed by atoms with Gasteiger partial charge in [-0.3, -0.25) is 9.59 Å². The van der Waals surface area contributed by atoms with Crippen molar-refractivity contribution < 1.29 is 9.59 Å². The van der Waals surface area contributed by atoms with E-state index in [4.69, 9.17) is 4.98 Å². The molecular weight excluding hydrogens is 446 g/mol. The van der Waals surface area contributed by atoms with Gasteiger partial charge in [0.15, 0.2) is 0 Å². The summed E-state index contributed by atoms with van der Waals surface area (Å²) in [5.74, 6) is -0.155. The molecule has 1 aliphatic rings. The molecule has 2 amide bonds. The van der Waals surface area contributed by atoms with E-state index >= 15 is 0 Å². The van der Waals surface area contributed by atoms with E-state index in [1.165, 1.54) is 16.2 Å². The second-order valence-corrected chi connectivity index (χ2v) is 10.1. The third kappa shape index (κ3) is 3.79. The Morgan fingerprint density at radius 2 is 2.07 bits per heavy atom. The molecule has 0 radical (unpaired) electrons. The standard InChI is InChI=1S/C19H18BrN3O2S2/c1-22(19(25)15-8-9-16(20)26-15)11-17(24)23-10-4-6-13(23)18-21-12-5-2-3-7-14(12)27-18/h2-3,5,7-9,13H,4,6,10-11H2,1H3. The first-order valence-corrected chi connectivity index (χ1v) is 11.1. The first kappa shape index (κ1) is 18.6. The molecule has 1 unspecified atom stereocenters. The van der Waals surface area contributed by atoms with Crippen molar-refractivity contribution in [3.63, 3.8) is 0 Å². The molecule has 27 heavy (non-hydrogen) atoms. The summed E-state index contributed by atoms with van der Waals surface area (Å²) in [6.07, 6.45) is 1.88. The van der Waals surface area contributed by atoms with Crippen molar-refractivity contribution in [1.82, 2.24) is 14.8 Å². The second-order valence-electron chi connectivity index (χ2n) is 6.53. The third-order valence-electron chi connectivity index (χ3n) is 4.67. The van der Waals surface area contributed by atoms with Gasteiger partial charge >= 0.3 is 0 Å². The maximum atomic E-state index is 12.9. The van der Waals surface area contributed by atoms with Crippen LogP contribution in [0.15, 0.2) is 40.2 Å². The molecule has 2 aromatic heterocycles. The highest BCUT2D eigenvalue weighted by Crippen LogP contribution is 2.36. The number of hydrogen-bond donors (Lipinski definition) is 0. The predicted molar refractivity (Wildman–Crippen MR) is 112 cm³/mol. The quantitative estimate of drug-likeness (QED) is 0.569. The Labute approximate surface area is 173 Å². The number of rotatable bonds is 4. The minimum atomic E-state index is -0.130. The van der Waals surface area contributed by atoms with E-state index < -0.39 is 0 Å². The van der Waals surface area contributed by atoms with Gasteiger partial charge in [0, 0.05) is 13.6 Å². The predicted octanol–water partition coefficient (Wildman–Crippen LogP) is 4.56. The number of likely N-dealkylation sites (N-methyl/N-ethyl adjacent to an activating group) is 1. The van der Waals surface area contributed by atoms with Crippen LogP contribution in [0, 0.1) is 0 Å². The maximum absolute atomic E-state index is 12.9. The van der Waals surface area contributed by atoms with Gasteiger partial charge < -0.3 is 9.80 Å². The Kier molecular flexibility index (Phi) is 5.29. The van der Waals surface area contributed by atoms with Crippen molar-refractivity contribution in [1.29, 1.82) is 0 Å². The lowest BCUT2D eigenvalue weighted by Crippen LogP contribution is -2.40.